The maximum atomic E-state index is 12.8. The van der Waals surface area contributed by atoms with Crippen molar-refractivity contribution in [2.75, 3.05) is 13.1 Å². The van der Waals surface area contributed by atoms with Crippen LogP contribution < -0.4 is 5.32 Å². The third-order valence-corrected chi connectivity index (χ3v) is 7.59. The topological polar surface area (TPSA) is 75.2 Å². The minimum atomic E-state index is 0.0938. The predicted octanol–water partition coefficient (Wildman–Crippen LogP) is 3.22. The number of likely N-dealkylation sites (tertiary alicyclic amines) is 1. The molecule has 2 aromatic heterocycles. The molecule has 0 spiro atoms. The molecule has 1 N–H and O–H groups in total. The summed E-state index contributed by atoms with van der Waals surface area (Å²) in [6.07, 6.45) is 7.15. The van der Waals surface area contributed by atoms with E-state index in [0.717, 1.165) is 42.0 Å². The Hall–Kier alpha value is -2.80. The molecule has 1 saturated carbocycles. The monoisotopic (exact) mass is 434 g/mol. The van der Waals surface area contributed by atoms with Crippen LogP contribution in [-0.4, -0.2) is 45.8 Å². The number of hydrogen-bond donors (Lipinski definition) is 1. The number of fused-ring (bicyclic) bond motifs is 3. The SMILES string of the molecule is O=C(CCc1nc2ccccc2s1)NC1[C@@H]2CC[C@H]1CN(C(=O)Cc1cccnc1)C2. The van der Waals surface area contributed by atoms with Gasteiger partial charge in [0.1, 0.15) is 0 Å². The number of benzene rings is 1. The van der Waals surface area contributed by atoms with E-state index in [9.17, 15) is 9.59 Å². The summed E-state index contributed by atoms with van der Waals surface area (Å²) in [7, 11) is 0. The van der Waals surface area contributed by atoms with Gasteiger partial charge < -0.3 is 10.2 Å². The van der Waals surface area contributed by atoms with Gasteiger partial charge in [0.2, 0.25) is 11.8 Å². The lowest BCUT2D eigenvalue weighted by atomic mass is 9.91. The van der Waals surface area contributed by atoms with Crippen LogP contribution in [0.4, 0.5) is 0 Å². The molecule has 1 unspecified atom stereocenters. The molecule has 2 aliphatic rings. The fourth-order valence-corrected chi connectivity index (χ4v) is 5.92. The highest BCUT2D eigenvalue weighted by Crippen LogP contribution is 2.37. The second kappa shape index (κ2) is 8.75. The maximum absolute atomic E-state index is 12.8. The number of piperidine rings is 1. The predicted molar refractivity (Wildman–Crippen MR) is 121 cm³/mol. The average molecular weight is 435 g/mol. The van der Waals surface area contributed by atoms with Crippen LogP contribution in [0.15, 0.2) is 48.8 Å². The molecule has 1 saturated heterocycles. The van der Waals surface area contributed by atoms with Gasteiger partial charge in [0.15, 0.2) is 0 Å². The van der Waals surface area contributed by atoms with E-state index < -0.39 is 0 Å². The molecule has 31 heavy (non-hydrogen) atoms. The molecule has 0 radical (unpaired) electrons. The Balaban J connectivity index is 1.14. The number of pyridine rings is 1. The van der Waals surface area contributed by atoms with Crippen LogP contribution >= 0.6 is 11.3 Å². The third-order valence-electron chi connectivity index (χ3n) is 6.50. The first-order chi connectivity index (χ1) is 15.2. The number of aromatic nitrogens is 2. The van der Waals surface area contributed by atoms with Gasteiger partial charge >= 0.3 is 0 Å². The summed E-state index contributed by atoms with van der Waals surface area (Å²) in [4.78, 5) is 36.1. The molecular weight excluding hydrogens is 408 g/mol. The summed E-state index contributed by atoms with van der Waals surface area (Å²) in [5.74, 6) is 0.952. The molecule has 160 valence electrons. The molecule has 1 aromatic carbocycles. The fraction of sp³-hybridized carbons (Fsp3) is 0.417. The lowest BCUT2D eigenvalue weighted by molar-refractivity contribution is -0.133. The number of nitrogens with one attached hydrogen (secondary N) is 1. The van der Waals surface area contributed by atoms with Crippen molar-refractivity contribution in [1.82, 2.24) is 20.2 Å². The Morgan fingerprint density at radius 3 is 2.65 bits per heavy atom. The number of carbonyl (C=O) groups excluding carboxylic acids is 2. The quantitative estimate of drug-likeness (QED) is 0.646. The average Bonchev–Trinajstić information content (AvgIpc) is 3.29. The van der Waals surface area contributed by atoms with E-state index in [2.05, 4.69) is 21.4 Å². The minimum Gasteiger partial charge on any atom is -0.353 e. The van der Waals surface area contributed by atoms with E-state index in [-0.39, 0.29) is 17.9 Å². The number of hydrogen-bond acceptors (Lipinski definition) is 5. The molecule has 5 rings (SSSR count). The molecule has 2 amide bonds. The minimum absolute atomic E-state index is 0.0938. The van der Waals surface area contributed by atoms with Crippen molar-refractivity contribution < 1.29 is 9.59 Å². The van der Waals surface area contributed by atoms with Crippen molar-refractivity contribution in [2.24, 2.45) is 11.8 Å². The maximum Gasteiger partial charge on any atom is 0.227 e. The van der Waals surface area contributed by atoms with Gasteiger partial charge in [-0.1, -0.05) is 18.2 Å². The number of rotatable bonds is 6. The van der Waals surface area contributed by atoms with Crippen LogP contribution in [-0.2, 0) is 22.4 Å². The molecule has 3 heterocycles. The lowest BCUT2D eigenvalue weighted by Gasteiger charge is -2.38. The van der Waals surface area contributed by atoms with Gasteiger partial charge in [-0.25, -0.2) is 4.98 Å². The second-order valence-electron chi connectivity index (χ2n) is 8.60. The molecule has 7 heteroatoms. The van der Waals surface area contributed by atoms with Gasteiger partial charge in [0.25, 0.3) is 0 Å². The van der Waals surface area contributed by atoms with Crippen LogP contribution in [0.1, 0.15) is 29.8 Å². The number of thiazole rings is 1. The van der Waals surface area contributed by atoms with E-state index >= 15 is 0 Å². The largest absolute Gasteiger partial charge is 0.353 e. The van der Waals surface area contributed by atoms with Gasteiger partial charge in [-0.05, 0) is 48.4 Å². The first-order valence-electron chi connectivity index (χ1n) is 11.0. The van der Waals surface area contributed by atoms with Crippen LogP contribution in [0, 0.1) is 11.8 Å². The molecule has 3 aromatic rings. The van der Waals surface area contributed by atoms with Crippen molar-refractivity contribution in [3.63, 3.8) is 0 Å². The van der Waals surface area contributed by atoms with E-state index in [0.29, 0.717) is 31.1 Å². The number of aryl methyl sites for hydroxylation is 1. The first-order valence-corrected chi connectivity index (χ1v) is 11.8. The Morgan fingerprint density at radius 2 is 1.90 bits per heavy atom. The number of nitrogens with zero attached hydrogens (tertiary/aromatic N) is 3. The van der Waals surface area contributed by atoms with E-state index in [1.54, 1.807) is 23.7 Å². The van der Waals surface area contributed by atoms with E-state index in [1.165, 1.54) is 4.70 Å². The van der Waals surface area contributed by atoms with Gasteiger partial charge in [-0.2, -0.15) is 0 Å². The number of amides is 2. The molecule has 3 atom stereocenters. The van der Waals surface area contributed by atoms with Gasteiger partial charge in [-0.15, -0.1) is 11.3 Å². The molecule has 1 aliphatic heterocycles. The van der Waals surface area contributed by atoms with Crippen molar-refractivity contribution in [1.29, 1.82) is 0 Å². The zero-order valence-corrected chi connectivity index (χ0v) is 18.2. The van der Waals surface area contributed by atoms with Crippen molar-refractivity contribution in [2.45, 2.75) is 38.1 Å². The summed E-state index contributed by atoms with van der Waals surface area (Å²) in [6, 6.07) is 12.1. The summed E-state index contributed by atoms with van der Waals surface area (Å²) in [5.41, 5.74) is 1.95. The lowest BCUT2D eigenvalue weighted by Crippen LogP contribution is -2.54. The Labute approximate surface area is 185 Å². The van der Waals surface area contributed by atoms with Gasteiger partial charge in [0, 0.05) is 44.4 Å². The summed E-state index contributed by atoms with van der Waals surface area (Å²) >= 11 is 1.66. The zero-order chi connectivity index (χ0) is 21.2. The Morgan fingerprint density at radius 1 is 1.10 bits per heavy atom. The molecule has 1 aliphatic carbocycles. The normalized spacial score (nSPS) is 22.6. The van der Waals surface area contributed by atoms with Gasteiger partial charge in [-0.3, -0.25) is 14.6 Å². The molecule has 6 nitrogen and oxygen atoms in total. The number of carbonyl (C=O) groups is 2. The fourth-order valence-electron chi connectivity index (χ4n) is 4.96. The van der Waals surface area contributed by atoms with Crippen LogP contribution in [0.5, 0.6) is 0 Å². The van der Waals surface area contributed by atoms with Crippen molar-refractivity contribution in [3.8, 4) is 0 Å². The standard InChI is InChI=1S/C24H26N4O2S/c29-21(9-10-22-26-19-5-1-2-6-20(19)31-22)27-24-17-7-8-18(24)15-28(14-17)23(30)12-16-4-3-11-25-13-16/h1-6,11,13,17-18,24H,7-10,12,14-15H2,(H,27,29)/t17-,18+,24?. The molecule has 2 fully saturated rings. The van der Waals surface area contributed by atoms with E-state index in [1.807, 2.05) is 35.2 Å². The second-order valence-corrected chi connectivity index (χ2v) is 9.72. The summed E-state index contributed by atoms with van der Waals surface area (Å²) in [6.45, 7) is 1.47. The summed E-state index contributed by atoms with van der Waals surface area (Å²) in [5, 5.41) is 4.29. The van der Waals surface area contributed by atoms with Crippen LogP contribution in [0.25, 0.3) is 10.2 Å². The van der Waals surface area contributed by atoms with Crippen LogP contribution in [0.2, 0.25) is 0 Å². The van der Waals surface area contributed by atoms with Crippen molar-refractivity contribution in [3.05, 3.63) is 59.4 Å². The van der Waals surface area contributed by atoms with Crippen molar-refractivity contribution >= 4 is 33.4 Å². The Kier molecular flexibility index (Phi) is 5.68. The highest BCUT2D eigenvalue weighted by atomic mass is 32.1. The highest BCUT2D eigenvalue weighted by Gasteiger charge is 2.43. The molecule has 2 bridgehead atoms. The zero-order valence-electron chi connectivity index (χ0n) is 17.4. The Bertz CT molecular complexity index is 1040. The summed E-state index contributed by atoms with van der Waals surface area (Å²) < 4.78 is 1.17. The van der Waals surface area contributed by atoms with E-state index in [4.69, 9.17) is 0 Å². The van der Waals surface area contributed by atoms with Gasteiger partial charge in [0.05, 0.1) is 21.6 Å². The van der Waals surface area contributed by atoms with Crippen LogP contribution in [0.3, 0.4) is 0 Å². The number of para-hydroxylation sites is 1. The smallest absolute Gasteiger partial charge is 0.227 e. The molecular formula is C24H26N4O2S. The highest BCUT2D eigenvalue weighted by molar-refractivity contribution is 7.18. The first kappa shape index (κ1) is 20.1. The third kappa shape index (κ3) is 4.46.